The van der Waals surface area contributed by atoms with E-state index in [0.717, 1.165) is 6.42 Å². The second-order valence-electron chi connectivity index (χ2n) is 5.85. The third kappa shape index (κ3) is 6.17. The minimum atomic E-state index is -0.711. The van der Waals surface area contributed by atoms with Crippen molar-refractivity contribution < 1.29 is 14.3 Å². The van der Waals surface area contributed by atoms with Gasteiger partial charge in [-0.05, 0) is 44.9 Å². The Morgan fingerprint density at radius 1 is 1.24 bits per heavy atom. The fourth-order valence-electron chi connectivity index (χ4n) is 1.82. The highest BCUT2D eigenvalue weighted by molar-refractivity contribution is 6.30. The van der Waals surface area contributed by atoms with Crippen LogP contribution in [0.5, 0.6) is 0 Å². The summed E-state index contributed by atoms with van der Waals surface area (Å²) in [6.07, 6.45) is 0.508. The molecule has 0 aliphatic rings. The standard InChI is InChI=1S/C16H22ClNO3/c1-5-6-13(19)14(11-7-9-12(17)10-8-11)18-15(20)21-16(2,3)4/h7-10,14H,5-6H2,1-4H3,(H,18,20)/t14-/m0/s1. The molecule has 0 fully saturated rings. The van der Waals surface area contributed by atoms with Gasteiger partial charge in [-0.1, -0.05) is 30.7 Å². The van der Waals surface area contributed by atoms with Gasteiger partial charge in [0.05, 0.1) is 0 Å². The molecule has 0 aromatic heterocycles. The van der Waals surface area contributed by atoms with Crippen LogP contribution in [-0.4, -0.2) is 17.5 Å². The molecule has 0 saturated heterocycles. The number of rotatable bonds is 5. The van der Waals surface area contributed by atoms with E-state index in [1.54, 1.807) is 45.0 Å². The van der Waals surface area contributed by atoms with Crippen LogP contribution in [0.15, 0.2) is 24.3 Å². The van der Waals surface area contributed by atoms with Crippen molar-refractivity contribution in [1.29, 1.82) is 0 Å². The highest BCUT2D eigenvalue weighted by Crippen LogP contribution is 2.20. The third-order valence-corrected chi connectivity index (χ3v) is 2.93. The predicted octanol–water partition coefficient (Wildman–Crippen LogP) is 4.28. The van der Waals surface area contributed by atoms with E-state index in [1.165, 1.54) is 0 Å². The first-order chi connectivity index (χ1) is 9.73. The van der Waals surface area contributed by atoms with Crippen LogP contribution in [0.25, 0.3) is 0 Å². The number of halogens is 1. The maximum atomic E-state index is 12.2. The van der Waals surface area contributed by atoms with Crippen molar-refractivity contribution in [2.45, 2.75) is 52.2 Å². The molecule has 116 valence electrons. The molecule has 0 unspecified atom stereocenters. The lowest BCUT2D eigenvalue weighted by Crippen LogP contribution is -2.38. The monoisotopic (exact) mass is 311 g/mol. The molecule has 0 heterocycles. The number of ketones is 1. The minimum Gasteiger partial charge on any atom is -0.444 e. The fourth-order valence-corrected chi connectivity index (χ4v) is 1.95. The van der Waals surface area contributed by atoms with Crippen molar-refractivity contribution in [2.24, 2.45) is 0 Å². The first-order valence-electron chi connectivity index (χ1n) is 7.00. The van der Waals surface area contributed by atoms with Crippen LogP contribution in [0, 0.1) is 0 Å². The lowest BCUT2D eigenvalue weighted by atomic mass is 10.00. The van der Waals surface area contributed by atoms with Crippen molar-refractivity contribution in [3.63, 3.8) is 0 Å². The number of hydrogen-bond acceptors (Lipinski definition) is 3. The highest BCUT2D eigenvalue weighted by atomic mass is 35.5. The summed E-state index contributed by atoms with van der Waals surface area (Å²) in [4.78, 5) is 24.1. The van der Waals surface area contributed by atoms with Gasteiger partial charge in [0, 0.05) is 11.4 Å². The van der Waals surface area contributed by atoms with E-state index in [-0.39, 0.29) is 5.78 Å². The lowest BCUT2D eigenvalue weighted by Gasteiger charge is -2.23. The summed E-state index contributed by atoms with van der Waals surface area (Å²) in [5.41, 5.74) is 0.0892. The van der Waals surface area contributed by atoms with Gasteiger partial charge >= 0.3 is 6.09 Å². The van der Waals surface area contributed by atoms with Crippen LogP contribution in [0.2, 0.25) is 5.02 Å². The Kier molecular flexibility index (Phi) is 6.21. The Bertz CT molecular complexity index is 491. The van der Waals surface area contributed by atoms with Crippen molar-refractivity contribution in [2.75, 3.05) is 0 Å². The maximum Gasteiger partial charge on any atom is 0.408 e. The number of carbonyl (C=O) groups excluding carboxylic acids is 2. The molecule has 1 rings (SSSR count). The van der Waals surface area contributed by atoms with E-state index in [0.29, 0.717) is 17.0 Å². The largest absolute Gasteiger partial charge is 0.444 e. The zero-order valence-electron chi connectivity index (χ0n) is 12.9. The van der Waals surface area contributed by atoms with Gasteiger partial charge in [0.1, 0.15) is 11.6 Å². The van der Waals surface area contributed by atoms with E-state index >= 15 is 0 Å². The predicted molar refractivity (Wildman–Crippen MR) is 83.5 cm³/mol. The molecule has 0 saturated carbocycles. The van der Waals surface area contributed by atoms with Gasteiger partial charge in [0.25, 0.3) is 0 Å². The normalized spacial score (nSPS) is 12.6. The van der Waals surface area contributed by atoms with Crippen molar-refractivity contribution >= 4 is 23.5 Å². The van der Waals surface area contributed by atoms with E-state index in [2.05, 4.69) is 5.32 Å². The molecule has 1 amide bonds. The summed E-state index contributed by atoms with van der Waals surface area (Å²) in [5.74, 6) is -0.0503. The molecular weight excluding hydrogens is 290 g/mol. The number of carbonyl (C=O) groups is 2. The van der Waals surface area contributed by atoms with Gasteiger partial charge in [-0.2, -0.15) is 0 Å². The van der Waals surface area contributed by atoms with Crippen LogP contribution < -0.4 is 5.32 Å². The Labute approximate surface area is 130 Å². The Hall–Kier alpha value is -1.55. The number of alkyl carbamates (subject to hydrolysis) is 1. The van der Waals surface area contributed by atoms with Crippen LogP contribution >= 0.6 is 11.6 Å². The summed E-state index contributed by atoms with van der Waals surface area (Å²) in [5, 5.41) is 3.22. The number of benzene rings is 1. The zero-order valence-corrected chi connectivity index (χ0v) is 13.7. The maximum absolute atomic E-state index is 12.2. The average Bonchev–Trinajstić information content (AvgIpc) is 2.35. The van der Waals surface area contributed by atoms with Crippen molar-refractivity contribution in [1.82, 2.24) is 5.32 Å². The van der Waals surface area contributed by atoms with Gasteiger partial charge in [-0.15, -0.1) is 0 Å². The molecule has 1 atom stereocenters. The van der Waals surface area contributed by atoms with E-state index < -0.39 is 17.7 Å². The van der Waals surface area contributed by atoms with Gasteiger partial charge in [0.15, 0.2) is 5.78 Å². The molecule has 21 heavy (non-hydrogen) atoms. The Morgan fingerprint density at radius 3 is 2.29 bits per heavy atom. The van der Waals surface area contributed by atoms with Gasteiger partial charge in [-0.3, -0.25) is 4.79 Å². The molecule has 1 aromatic rings. The molecule has 4 nitrogen and oxygen atoms in total. The summed E-state index contributed by atoms with van der Waals surface area (Å²) in [6.45, 7) is 7.25. The van der Waals surface area contributed by atoms with Crippen molar-refractivity contribution in [3.8, 4) is 0 Å². The van der Waals surface area contributed by atoms with Crippen LogP contribution in [0.4, 0.5) is 4.79 Å². The molecule has 1 N–H and O–H groups in total. The third-order valence-electron chi connectivity index (χ3n) is 2.68. The van der Waals surface area contributed by atoms with E-state index in [9.17, 15) is 9.59 Å². The lowest BCUT2D eigenvalue weighted by molar-refractivity contribution is -0.121. The number of ether oxygens (including phenoxy) is 1. The SMILES string of the molecule is CCCC(=O)[C@@H](NC(=O)OC(C)(C)C)c1ccc(Cl)cc1. The number of Topliss-reactive ketones (excluding diaryl/α,β-unsaturated/α-hetero) is 1. The number of nitrogens with one attached hydrogen (secondary N) is 1. The quantitative estimate of drug-likeness (QED) is 0.883. The molecule has 0 radical (unpaired) electrons. The summed E-state index contributed by atoms with van der Waals surface area (Å²) < 4.78 is 5.21. The number of hydrogen-bond donors (Lipinski definition) is 1. The zero-order chi connectivity index (χ0) is 16.0. The fraction of sp³-hybridized carbons (Fsp3) is 0.500. The highest BCUT2D eigenvalue weighted by Gasteiger charge is 2.25. The first kappa shape index (κ1) is 17.5. The molecule has 1 aromatic carbocycles. The Balaban J connectivity index is 2.90. The van der Waals surface area contributed by atoms with Crippen molar-refractivity contribution in [3.05, 3.63) is 34.9 Å². The first-order valence-corrected chi connectivity index (χ1v) is 7.38. The second-order valence-corrected chi connectivity index (χ2v) is 6.28. The Morgan fingerprint density at radius 2 is 1.81 bits per heavy atom. The molecular formula is C16H22ClNO3. The molecule has 0 spiro atoms. The topological polar surface area (TPSA) is 55.4 Å². The summed E-state index contributed by atoms with van der Waals surface area (Å²) in [6, 6.07) is 6.15. The van der Waals surface area contributed by atoms with E-state index in [4.69, 9.17) is 16.3 Å². The molecule has 5 heteroatoms. The summed E-state index contributed by atoms with van der Waals surface area (Å²) >= 11 is 5.85. The van der Waals surface area contributed by atoms with Gasteiger partial charge < -0.3 is 10.1 Å². The van der Waals surface area contributed by atoms with Crippen LogP contribution in [0.3, 0.4) is 0 Å². The number of amides is 1. The molecule has 0 aliphatic carbocycles. The van der Waals surface area contributed by atoms with Gasteiger partial charge in [0.2, 0.25) is 0 Å². The second kappa shape index (κ2) is 7.46. The van der Waals surface area contributed by atoms with Gasteiger partial charge in [-0.25, -0.2) is 4.79 Å². The van der Waals surface area contributed by atoms with Crippen LogP contribution in [0.1, 0.15) is 52.1 Å². The molecule has 0 bridgehead atoms. The molecule has 0 aliphatic heterocycles. The van der Waals surface area contributed by atoms with Crippen LogP contribution in [-0.2, 0) is 9.53 Å². The summed E-state index contributed by atoms with van der Waals surface area (Å²) in [7, 11) is 0. The average molecular weight is 312 g/mol. The minimum absolute atomic E-state index is 0.0503. The van der Waals surface area contributed by atoms with E-state index in [1.807, 2.05) is 6.92 Å². The smallest absolute Gasteiger partial charge is 0.408 e.